The minimum atomic E-state index is -0.962. The molecule has 0 saturated carbocycles. The van der Waals surface area contributed by atoms with Gasteiger partial charge in [0.1, 0.15) is 11.6 Å². The number of ether oxygens (including phenoxy) is 1. The van der Waals surface area contributed by atoms with Gasteiger partial charge in [0, 0.05) is 0 Å². The van der Waals surface area contributed by atoms with Gasteiger partial charge in [0.25, 0.3) is 0 Å². The molecule has 0 amide bonds. The van der Waals surface area contributed by atoms with Crippen LogP contribution in [0.4, 0.5) is 0 Å². The lowest BCUT2D eigenvalue weighted by atomic mass is 10.2. The van der Waals surface area contributed by atoms with Gasteiger partial charge in [-0.1, -0.05) is 0 Å². The number of nitrogens with zero attached hydrogens (tertiary/aromatic N) is 2. The fraction of sp³-hybridized carbons (Fsp3) is 0.154. The van der Waals surface area contributed by atoms with Crippen LogP contribution >= 0.6 is 0 Å². The summed E-state index contributed by atoms with van der Waals surface area (Å²) in [5, 5.41) is 8.78. The van der Waals surface area contributed by atoms with Crippen molar-refractivity contribution < 1.29 is 14.6 Å². The number of carboxylic acid groups (broad SMARTS) is 1. The summed E-state index contributed by atoms with van der Waals surface area (Å²) in [5.74, 6) is 0.830. The summed E-state index contributed by atoms with van der Waals surface area (Å²) < 4.78 is 5.58. The van der Waals surface area contributed by atoms with Crippen LogP contribution < -0.4 is 4.74 Å². The van der Waals surface area contributed by atoms with Crippen molar-refractivity contribution in [1.29, 1.82) is 0 Å². The standard InChI is InChI=1S/C13H12N2O3/c1-8-12(7-14-9(2)15-8)18-11-5-3-10(4-6-11)13(16)17/h3-7H,1-2H3,(H,16,17). The lowest BCUT2D eigenvalue weighted by Crippen LogP contribution is -1.97. The molecule has 0 aliphatic rings. The Morgan fingerprint density at radius 3 is 2.44 bits per heavy atom. The zero-order valence-electron chi connectivity index (χ0n) is 10.0. The minimum absolute atomic E-state index is 0.222. The summed E-state index contributed by atoms with van der Waals surface area (Å²) in [6.07, 6.45) is 1.60. The van der Waals surface area contributed by atoms with Crippen molar-refractivity contribution in [2.75, 3.05) is 0 Å². The van der Waals surface area contributed by atoms with E-state index in [4.69, 9.17) is 9.84 Å². The monoisotopic (exact) mass is 244 g/mol. The Kier molecular flexibility index (Phi) is 3.23. The number of aryl methyl sites for hydroxylation is 2. The van der Waals surface area contributed by atoms with Gasteiger partial charge < -0.3 is 9.84 Å². The summed E-state index contributed by atoms with van der Waals surface area (Å²) in [7, 11) is 0. The first kappa shape index (κ1) is 12.0. The van der Waals surface area contributed by atoms with Gasteiger partial charge in [-0.15, -0.1) is 0 Å². The molecule has 0 aliphatic heterocycles. The molecule has 2 rings (SSSR count). The van der Waals surface area contributed by atoms with Crippen LogP contribution in [0.5, 0.6) is 11.5 Å². The second-order valence-corrected chi connectivity index (χ2v) is 3.80. The molecule has 0 atom stereocenters. The zero-order chi connectivity index (χ0) is 13.1. The number of rotatable bonds is 3. The summed E-state index contributed by atoms with van der Waals surface area (Å²) in [6, 6.07) is 6.18. The third-order valence-electron chi connectivity index (χ3n) is 2.38. The highest BCUT2D eigenvalue weighted by Gasteiger charge is 2.06. The fourth-order valence-corrected chi connectivity index (χ4v) is 1.46. The normalized spacial score (nSPS) is 10.1. The molecule has 5 heteroatoms. The van der Waals surface area contributed by atoms with Gasteiger partial charge in [-0.25, -0.2) is 14.8 Å². The number of aromatic nitrogens is 2. The summed E-state index contributed by atoms with van der Waals surface area (Å²) in [5.41, 5.74) is 0.962. The number of carboxylic acids is 1. The van der Waals surface area contributed by atoms with E-state index in [0.717, 1.165) is 5.69 Å². The van der Waals surface area contributed by atoms with Crippen molar-refractivity contribution in [3.8, 4) is 11.5 Å². The first-order chi connectivity index (χ1) is 8.56. The molecule has 1 aromatic heterocycles. The second-order valence-electron chi connectivity index (χ2n) is 3.80. The number of carbonyl (C=O) groups is 1. The van der Waals surface area contributed by atoms with Crippen LogP contribution in [-0.2, 0) is 0 Å². The maximum Gasteiger partial charge on any atom is 0.335 e. The number of aromatic carboxylic acids is 1. The highest BCUT2D eigenvalue weighted by molar-refractivity contribution is 5.87. The number of hydrogen-bond donors (Lipinski definition) is 1. The highest BCUT2D eigenvalue weighted by atomic mass is 16.5. The van der Waals surface area contributed by atoms with Crippen LogP contribution in [0.25, 0.3) is 0 Å². The maximum atomic E-state index is 10.7. The molecule has 5 nitrogen and oxygen atoms in total. The van der Waals surface area contributed by atoms with E-state index in [1.165, 1.54) is 12.1 Å². The van der Waals surface area contributed by atoms with Crippen LogP contribution in [0, 0.1) is 13.8 Å². The van der Waals surface area contributed by atoms with Gasteiger partial charge in [0.2, 0.25) is 0 Å². The molecule has 0 unspecified atom stereocenters. The van der Waals surface area contributed by atoms with E-state index in [9.17, 15) is 4.79 Å². The minimum Gasteiger partial charge on any atom is -0.478 e. The Labute approximate surface area is 104 Å². The van der Waals surface area contributed by atoms with Crippen LogP contribution in [0.3, 0.4) is 0 Å². The lowest BCUT2D eigenvalue weighted by molar-refractivity contribution is 0.0697. The Bertz CT molecular complexity index is 579. The second kappa shape index (κ2) is 4.83. The Morgan fingerprint density at radius 1 is 1.22 bits per heavy atom. The van der Waals surface area contributed by atoms with E-state index in [1.807, 2.05) is 6.92 Å². The smallest absolute Gasteiger partial charge is 0.335 e. The third kappa shape index (κ3) is 2.63. The number of benzene rings is 1. The molecule has 0 fully saturated rings. The molecule has 92 valence electrons. The molecule has 1 N–H and O–H groups in total. The van der Waals surface area contributed by atoms with E-state index < -0.39 is 5.97 Å². The molecule has 0 radical (unpaired) electrons. The van der Waals surface area contributed by atoms with E-state index in [2.05, 4.69) is 9.97 Å². The topological polar surface area (TPSA) is 72.3 Å². The molecule has 0 saturated heterocycles. The van der Waals surface area contributed by atoms with E-state index in [-0.39, 0.29) is 5.56 Å². The number of hydrogen-bond acceptors (Lipinski definition) is 4. The summed E-state index contributed by atoms with van der Waals surface area (Å²) in [4.78, 5) is 18.9. The van der Waals surface area contributed by atoms with Crippen molar-refractivity contribution in [3.05, 3.63) is 47.5 Å². The van der Waals surface area contributed by atoms with Crippen LogP contribution in [0.2, 0.25) is 0 Å². The Hall–Kier alpha value is -2.43. The summed E-state index contributed by atoms with van der Waals surface area (Å²) >= 11 is 0. The lowest BCUT2D eigenvalue weighted by Gasteiger charge is -2.08. The Balaban J connectivity index is 2.21. The first-order valence-corrected chi connectivity index (χ1v) is 5.38. The highest BCUT2D eigenvalue weighted by Crippen LogP contribution is 2.23. The third-order valence-corrected chi connectivity index (χ3v) is 2.38. The largest absolute Gasteiger partial charge is 0.478 e. The van der Waals surface area contributed by atoms with E-state index in [1.54, 1.807) is 25.3 Å². The molecular formula is C13H12N2O3. The molecule has 1 heterocycles. The molecule has 18 heavy (non-hydrogen) atoms. The molecule has 0 bridgehead atoms. The maximum absolute atomic E-state index is 10.7. The van der Waals surface area contributed by atoms with Gasteiger partial charge in [0.05, 0.1) is 17.5 Å². The fourth-order valence-electron chi connectivity index (χ4n) is 1.46. The van der Waals surface area contributed by atoms with Crippen molar-refractivity contribution in [3.63, 3.8) is 0 Å². The van der Waals surface area contributed by atoms with E-state index in [0.29, 0.717) is 17.3 Å². The first-order valence-electron chi connectivity index (χ1n) is 5.38. The molecule has 0 aliphatic carbocycles. The predicted molar refractivity (Wildman–Crippen MR) is 65.0 cm³/mol. The molecular weight excluding hydrogens is 232 g/mol. The van der Waals surface area contributed by atoms with Gasteiger partial charge in [-0.2, -0.15) is 0 Å². The van der Waals surface area contributed by atoms with E-state index >= 15 is 0 Å². The SMILES string of the molecule is Cc1ncc(Oc2ccc(C(=O)O)cc2)c(C)n1. The molecule has 2 aromatic rings. The predicted octanol–water partition coefficient (Wildman–Crippen LogP) is 2.58. The zero-order valence-corrected chi connectivity index (χ0v) is 10.0. The van der Waals surface area contributed by atoms with Gasteiger partial charge >= 0.3 is 5.97 Å². The van der Waals surface area contributed by atoms with Crippen LogP contribution in [-0.4, -0.2) is 21.0 Å². The molecule has 1 aromatic carbocycles. The van der Waals surface area contributed by atoms with Gasteiger partial charge in [0.15, 0.2) is 5.75 Å². The van der Waals surface area contributed by atoms with Crippen molar-refractivity contribution in [2.24, 2.45) is 0 Å². The van der Waals surface area contributed by atoms with Crippen LogP contribution in [0.15, 0.2) is 30.5 Å². The quantitative estimate of drug-likeness (QED) is 0.898. The Morgan fingerprint density at radius 2 is 1.89 bits per heavy atom. The summed E-state index contributed by atoms with van der Waals surface area (Å²) in [6.45, 7) is 3.63. The van der Waals surface area contributed by atoms with Gasteiger partial charge in [-0.3, -0.25) is 0 Å². The average Bonchev–Trinajstić information content (AvgIpc) is 2.33. The van der Waals surface area contributed by atoms with Gasteiger partial charge in [-0.05, 0) is 38.1 Å². The van der Waals surface area contributed by atoms with Crippen molar-refractivity contribution in [1.82, 2.24) is 9.97 Å². The van der Waals surface area contributed by atoms with Crippen LogP contribution in [0.1, 0.15) is 21.9 Å². The van der Waals surface area contributed by atoms with Crippen molar-refractivity contribution in [2.45, 2.75) is 13.8 Å². The molecule has 0 spiro atoms. The van der Waals surface area contributed by atoms with Crippen molar-refractivity contribution >= 4 is 5.97 Å². The average molecular weight is 244 g/mol.